The summed E-state index contributed by atoms with van der Waals surface area (Å²) < 4.78 is 90.7. The molecule has 1 amide bonds. The number of aliphatic hydroxyl groups is 2. The molecule has 15 heteroatoms. The number of rotatable bonds is 12. The van der Waals surface area contributed by atoms with Crippen LogP contribution in [-0.4, -0.2) is 69.2 Å². The van der Waals surface area contributed by atoms with Gasteiger partial charge in [0.25, 0.3) is 5.91 Å². The molecule has 0 spiro atoms. The number of alkyl halides is 3. The number of benzene rings is 2. The number of aliphatic hydroxyl groups excluding tert-OH is 1. The van der Waals surface area contributed by atoms with E-state index in [0.717, 1.165) is 18.2 Å². The third-order valence-corrected chi connectivity index (χ3v) is 9.51. The fourth-order valence-electron chi connectivity index (χ4n) is 4.89. The van der Waals surface area contributed by atoms with E-state index in [-0.39, 0.29) is 59.3 Å². The lowest BCUT2D eigenvalue weighted by Crippen LogP contribution is -2.52. The van der Waals surface area contributed by atoms with Crippen LogP contribution in [0.5, 0.6) is 17.2 Å². The van der Waals surface area contributed by atoms with E-state index in [0.29, 0.717) is 0 Å². The second-order valence-corrected chi connectivity index (χ2v) is 14.5. The second-order valence-electron chi connectivity index (χ2n) is 12.5. The molecule has 1 aliphatic heterocycles. The largest absolute Gasteiger partial charge is 0.493 e. The van der Waals surface area contributed by atoms with E-state index in [9.17, 15) is 36.8 Å². The molecule has 2 aromatic carbocycles. The van der Waals surface area contributed by atoms with Crippen LogP contribution in [-0.2, 0) is 22.1 Å². The number of halogens is 4. The van der Waals surface area contributed by atoms with E-state index in [2.05, 4.69) is 15.0 Å². The lowest BCUT2D eigenvalue weighted by Gasteiger charge is -2.33. The average molecular weight is 698 g/mol. The van der Waals surface area contributed by atoms with Crippen LogP contribution in [0.25, 0.3) is 11.3 Å². The Morgan fingerprint density at radius 2 is 1.79 bits per heavy atom. The molecule has 4 N–H and O–H groups in total. The first-order chi connectivity index (χ1) is 22.3. The highest BCUT2D eigenvalue weighted by Crippen LogP contribution is 2.48. The first-order valence-electron chi connectivity index (χ1n) is 15.1. The molecular formula is C33H39F4N3O7S. The maximum atomic E-state index is 14.9. The zero-order valence-corrected chi connectivity index (χ0v) is 28.1. The van der Waals surface area contributed by atoms with Gasteiger partial charge < -0.3 is 29.7 Å². The first-order valence-corrected chi connectivity index (χ1v) is 16.2. The van der Waals surface area contributed by atoms with Gasteiger partial charge in [0.1, 0.15) is 24.7 Å². The van der Waals surface area contributed by atoms with Gasteiger partial charge in [-0.05, 0) is 82.6 Å². The topological polar surface area (TPSA) is 139 Å². The van der Waals surface area contributed by atoms with Crippen molar-refractivity contribution in [3.63, 3.8) is 0 Å². The summed E-state index contributed by atoms with van der Waals surface area (Å²) in [5.41, 5.74) is -5.66. The molecule has 3 aromatic rings. The maximum absolute atomic E-state index is 14.9. The van der Waals surface area contributed by atoms with Crippen LogP contribution in [0.4, 0.5) is 17.6 Å². The summed E-state index contributed by atoms with van der Waals surface area (Å²) >= 11 is 0. The van der Waals surface area contributed by atoms with Gasteiger partial charge in [0.2, 0.25) is 5.60 Å². The molecule has 262 valence electrons. The number of pyridine rings is 1. The lowest BCUT2D eigenvalue weighted by atomic mass is 9.86. The van der Waals surface area contributed by atoms with Crippen molar-refractivity contribution in [2.75, 3.05) is 26.9 Å². The van der Waals surface area contributed by atoms with Gasteiger partial charge in [-0.15, -0.1) is 0 Å². The standard InChI is InChI=1S/C33H39F4N3O7S/c1-7-31(40-48(44)30(3,4)5)18-47-28-23(31)15-26(39-27(28)20-8-11-22(34)12-9-20)32(43,33(35,36)37)17-38-29(42)21-10-13-24(25(14-21)45-6)46-16-19(2)41/h8-15,19,40-41,43H,7,16-18H2,1-6H3,(H,38,42)/t19-,31+,32?,48?/m1/s1. The molecule has 4 atom stereocenters. The van der Waals surface area contributed by atoms with E-state index < -0.39 is 63.1 Å². The zero-order chi connectivity index (χ0) is 35.7. The van der Waals surface area contributed by atoms with Crippen LogP contribution >= 0.6 is 0 Å². The predicted octanol–water partition coefficient (Wildman–Crippen LogP) is 4.89. The van der Waals surface area contributed by atoms with Gasteiger partial charge >= 0.3 is 6.18 Å². The molecule has 0 bridgehead atoms. The number of nitrogens with one attached hydrogen (secondary N) is 2. The predicted molar refractivity (Wildman–Crippen MR) is 171 cm³/mol. The van der Waals surface area contributed by atoms with Crippen molar-refractivity contribution in [3.8, 4) is 28.5 Å². The molecule has 0 fully saturated rings. The van der Waals surface area contributed by atoms with Crippen molar-refractivity contribution in [3.05, 3.63) is 71.2 Å². The number of fused-ring (bicyclic) bond motifs is 1. The van der Waals surface area contributed by atoms with Gasteiger partial charge in [0.05, 0.1) is 46.7 Å². The van der Waals surface area contributed by atoms with Crippen molar-refractivity contribution in [1.82, 2.24) is 15.0 Å². The number of methoxy groups -OCH3 is 1. The summed E-state index contributed by atoms with van der Waals surface area (Å²) in [5.74, 6) is -1.18. The third kappa shape index (κ3) is 7.59. The van der Waals surface area contributed by atoms with Gasteiger partial charge in [-0.1, -0.05) is 6.92 Å². The minimum absolute atomic E-state index is 0.0692. The highest BCUT2D eigenvalue weighted by molar-refractivity contribution is 7.84. The molecule has 10 nitrogen and oxygen atoms in total. The molecule has 0 saturated heterocycles. The Hall–Kier alpha value is -3.79. The minimum atomic E-state index is -5.35. The van der Waals surface area contributed by atoms with Crippen LogP contribution in [0.2, 0.25) is 0 Å². The van der Waals surface area contributed by atoms with Crippen LogP contribution < -0.4 is 24.2 Å². The molecule has 2 unspecified atom stereocenters. The molecule has 1 aromatic heterocycles. The Kier molecular flexibility index (Phi) is 10.8. The van der Waals surface area contributed by atoms with Gasteiger partial charge in [0, 0.05) is 16.7 Å². The number of amides is 1. The molecular weight excluding hydrogens is 658 g/mol. The second kappa shape index (κ2) is 14.0. The van der Waals surface area contributed by atoms with Crippen LogP contribution in [0.15, 0.2) is 48.5 Å². The summed E-state index contributed by atoms with van der Waals surface area (Å²) in [6.07, 6.45) is -5.92. The quantitative estimate of drug-likeness (QED) is 0.197. The number of carbonyl (C=O) groups excluding carboxylic acids is 1. The van der Waals surface area contributed by atoms with Crippen molar-refractivity contribution < 1.29 is 51.0 Å². The molecule has 0 saturated carbocycles. The summed E-state index contributed by atoms with van der Waals surface area (Å²) in [5, 5.41) is 23.1. The van der Waals surface area contributed by atoms with Gasteiger partial charge in [-0.25, -0.2) is 18.3 Å². The van der Waals surface area contributed by atoms with E-state index in [1.54, 1.807) is 27.7 Å². The Morgan fingerprint density at radius 1 is 1.12 bits per heavy atom. The lowest BCUT2D eigenvalue weighted by molar-refractivity contribution is -0.265. The fourth-order valence-corrected chi connectivity index (χ4v) is 5.86. The Labute approximate surface area is 278 Å². The molecule has 0 radical (unpaired) electrons. The van der Waals surface area contributed by atoms with Crippen molar-refractivity contribution in [2.24, 2.45) is 0 Å². The number of ether oxygens (including phenoxy) is 3. The van der Waals surface area contributed by atoms with Crippen LogP contribution in [0, 0.1) is 5.82 Å². The first kappa shape index (κ1) is 37.0. The monoisotopic (exact) mass is 697 g/mol. The Balaban J connectivity index is 1.79. The van der Waals surface area contributed by atoms with Gasteiger partial charge in [0.15, 0.2) is 17.2 Å². The van der Waals surface area contributed by atoms with Gasteiger partial charge in [-0.2, -0.15) is 13.2 Å². The van der Waals surface area contributed by atoms with E-state index in [4.69, 9.17) is 14.2 Å². The smallest absolute Gasteiger partial charge is 0.424 e. The number of nitrogens with zero attached hydrogens (tertiary/aromatic N) is 1. The van der Waals surface area contributed by atoms with E-state index >= 15 is 0 Å². The molecule has 2 heterocycles. The zero-order valence-electron chi connectivity index (χ0n) is 27.3. The minimum Gasteiger partial charge on any atom is -0.493 e. The summed E-state index contributed by atoms with van der Waals surface area (Å²) in [6, 6.07) is 9.78. The average Bonchev–Trinajstić information content (AvgIpc) is 3.39. The highest BCUT2D eigenvalue weighted by atomic mass is 32.2. The SMILES string of the molecule is CC[C@]1(NS(=O)C(C)(C)C)COc2c1cc(C(O)(CNC(=O)c1ccc(OC[C@@H](C)O)c(OC)c1)C(F)(F)F)nc2-c1ccc(F)cc1. The van der Waals surface area contributed by atoms with Crippen molar-refractivity contribution >= 4 is 16.9 Å². The molecule has 1 aliphatic rings. The summed E-state index contributed by atoms with van der Waals surface area (Å²) in [7, 11) is -0.381. The number of hydrogen-bond acceptors (Lipinski definition) is 8. The molecule has 0 aliphatic carbocycles. The summed E-state index contributed by atoms with van der Waals surface area (Å²) in [4.78, 5) is 17.3. The van der Waals surface area contributed by atoms with Crippen LogP contribution in [0.1, 0.15) is 62.7 Å². The Bertz CT molecular complexity index is 1660. The van der Waals surface area contributed by atoms with Crippen LogP contribution in [0.3, 0.4) is 0 Å². The van der Waals surface area contributed by atoms with Crippen molar-refractivity contribution in [1.29, 1.82) is 0 Å². The van der Waals surface area contributed by atoms with E-state index in [1.807, 2.05) is 0 Å². The number of hydrogen-bond donors (Lipinski definition) is 4. The van der Waals surface area contributed by atoms with Crippen molar-refractivity contribution in [2.45, 2.75) is 69.2 Å². The normalized spacial score (nSPS) is 18.7. The van der Waals surface area contributed by atoms with E-state index in [1.165, 1.54) is 44.4 Å². The number of carbonyl (C=O) groups is 1. The maximum Gasteiger partial charge on any atom is 0.424 e. The fraction of sp³-hybridized carbons (Fsp3) is 0.455. The highest BCUT2D eigenvalue weighted by Gasteiger charge is 2.57. The molecule has 48 heavy (non-hydrogen) atoms. The number of aromatic nitrogens is 1. The Morgan fingerprint density at radius 3 is 2.35 bits per heavy atom. The third-order valence-electron chi connectivity index (χ3n) is 7.82. The van der Waals surface area contributed by atoms with Gasteiger partial charge in [-0.3, -0.25) is 4.79 Å². The summed E-state index contributed by atoms with van der Waals surface area (Å²) in [6.45, 7) is 6.92. The molecule has 4 rings (SSSR count).